The normalized spacial score (nSPS) is 13.5. The number of rotatable bonds is 20. The number of carbonyl (C=O) groups excluding carboxylic acids is 1. The van der Waals surface area contributed by atoms with E-state index in [-0.39, 0.29) is 5.97 Å². The summed E-state index contributed by atoms with van der Waals surface area (Å²) in [4.78, 5) is 11.6. The van der Waals surface area contributed by atoms with Crippen molar-refractivity contribution in [2.45, 2.75) is 149 Å². The minimum absolute atomic E-state index is 0.177. The summed E-state index contributed by atoms with van der Waals surface area (Å²) in [6.07, 6.45) is 22.3. The number of aliphatic hydroxyl groups is 1. The standard InChI is InChI=1S/C24H48O3/c1-4-5-6-7-8-9-10-11-12-13-14-15-16-17-18-19-20-21-24(26)27-23(3)22(2)25/h22-23,25H,4-21H2,1-3H3/t22-,23-/m1/s1. The van der Waals surface area contributed by atoms with Crippen molar-refractivity contribution in [2.75, 3.05) is 0 Å². The number of hydrogen-bond donors (Lipinski definition) is 1. The summed E-state index contributed by atoms with van der Waals surface area (Å²) in [5, 5.41) is 9.31. The van der Waals surface area contributed by atoms with Gasteiger partial charge in [0, 0.05) is 6.42 Å². The zero-order valence-corrected chi connectivity index (χ0v) is 18.6. The van der Waals surface area contributed by atoms with Crippen molar-refractivity contribution in [3.8, 4) is 0 Å². The van der Waals surface area contributed by atoms with Gasteiger partial charge in [0.25, 0.3) is 0 Å². The van der Waals surface area contributed by atoms with Gasteiger partial charge in [-0.25, -0.2) is 0 Å². The van der Waals surface area contributed by atoms with Gasteiger partial charge in [-0.05, 0) is 20.3 Å². The molecule has 3 nitrogen and oxygen atoms in total. The maximum Gasteiger partial charge on any atom is 0.306 e. The highest BCUT2D eigenvalue weighted by atomic mass is 16.6. The van der Waals surface area contributed by atoms with Gasteiger partial charge in [-0.15, -0.1) is 0 Å². The number of esters is 1. The summed E-state index contributed by atoms with van der Waals surface area (Å²) in [6.45, 7) is 5.66. The monoisotopic (exact) mass is 384 g/mol. The Balaban J connectivity index is 3.16. The van der Waals surface area contributed by atoms with Crippen molar-refractivity contribution >= 4 is 5.97 Å². The number of hydrogen-bond acceptors (Lipinski definition) is 3. The van der Waals surface area contributed by atoms with Gasteiger partial charge in [0.2, 0.25) is 0 Å². The Bertz CT molecular complexity index is 315. The van der Waals surface area contributed by atoms with Crippen molar-refractivity contribution in [3.05, 3.63) is 0 Å². The molecule has 0 saturated carbocycles. The highest BCUT2D eigenvalue weighted by Gasteiger charge is 2.13. The van der Waals surface area contributed by atoms with Gasteiger partial charge in [0.15, 0.2) is 0 Å². The van der Waals surface area contributed by atoms with Gasteiger partial charge in [0.1, 0.15) is 6.10 Å². The molecule has 0 amide bonds. The van der Waals surface area contributed by atoms with Crippen LogP contribution in [-0.2, 0) is 9.53 Å². The van der Waals surface area contributed by atoms with E-state index in [1.165, 1.54) is 96.3 Å². The molecule has 0 saturated heterocycles. The van der Waals surface area contributed by atoms with Crippen LogP contribution in [0.25, 0.3) is 0 Å². The quantitative estimate of drug-likeness (QED) is 0.176. The van der Waals surface area contributed by atoms with Crippen LogP contribution in [-0.4, -0.2) is 23.3 Å². The number of aliphatic hydroxyl groups excluding tert-OH is 1. The second-order valence-corrected chi connectivity index (χ2v) is 8.34. The van der Waals surface area contributed by atoms with Crippen LogP contribution in [0.1, 0.15) is 136 Å². The Kier molecular flexibility index (Phi) is 19.7. The van der Waals surface area contributed by atoms with Gasteiger partial charge in [-0.2, -0.15) is 0 Å². The van der Waals surface area contributed by atoms with Crippen LogP contribution < -0.4 is 0 Å². The molecule has 0 heterocycles. The fraction of sp³-hybridized carbons (Fsp3) is 0.958. The SMILES string of the molecule is CCCCCCCCCCCCCCCCCCCC(=O)O[C@H](C)[C@@H](C)O. The molecule has 0 aliphatic heterocycles. The number of unbranched alkanes of at least 4 members (excludes halogenated alkanes) is 16. The first kappa shape index (κ1) is 26.4. The first-order chi connectivity index (χ1) is 13.1. The molecular weight excluding hydrogens is 336 g/mol. The second kappa shape index (κ2) is 20.2. The van der Waals surface area contributed by atoms with Crippen molar-refractivity contribution in [3.63, 3.8) is 0 Å². The first-order valence-electron chi connectivity index (χ1n) is 12.0. The molecule has 0 aromatic rings. The molecule has 3 heteroatoms. The summed E-state index contributed by atoms with van der Waals surface area (Å²) in [5.74, 6) is -0.177. The van der Waals surface area contributed by atoms with Crippen LogP contribution in [0.5, 0.6) is 0 Å². The molecule has 0 radical (unpaired) electrons. The van der Waals surface area contributed by atoms with Gasteiger partial charge >= 0.3 is 5.97 Å². The van der Waals surface area contributed by atoms with E-state index in [1.54, 1.807) is 13.8 Å². The Labute approximate surface area is 169 Å². The van der Waals surface area contributed by atoms with E-state index < -0.39 is 12.2 Å². The zero-order chi connectivity index (χ0) is 20.2. The average Bonchev–Trinajstić information content (AvgIpc) is 2.64. The van der Waals surface area contributed by atoms with Crippen LogP contribution in [0.3, 0.4) is 0 Å². The minimum Gasteiger partial charge on any atom is -0.460 e. The lowest BCUT2D eigenvalue weighted by Crippen LogP contribution is -2.25. The third kappa shape index (κ3) is 20.0. The molecule has 0 unspecified atom stereocenters. The van der Waals surface area contributed by atoms with E-state index in [0.717, 1.165) is 12.8 Å². The minimum atomic E-state index is -0.593. The third-order valence-corrected chi connectivity index (χ3v) is 5.48. The Morgan fingerprint density at radius 2 is 1.00 bits per heavy atom. The predicted molar refractivity (Wildman–Crippen MR) is 116 cm³/mol. The molecular formula is C24H48O3. The van der Waals surface area contributed by atoms with E-state index in [2.05, 4.69) is 6.92 Å². The Morgan fingerprint density at radius 3 is 1.33 bits per heavy atom. The van der Waals surface area contributed by atoms with Crippen molar-refractivity contribution in [1.82, 2.24) is 0 Å². The second-order valence-electron chi connectivity index (χ2n) is 8.34. The van der Waals surface area contributed by atoms with Crippen LogP contribution in [0, 0.1) is 0 Å². The lowest BCUT2D eigenvalue weighted by atomic mass is 10.0. The number of ether oxygens (including phenoxy) is 1. The molecule has 162 valence electrons. The molecule has 2 atom stereocenters. The van der Waals surface area contributed by atoms with E-state index in [1.807, 2.05) is 0 Å². The topological polar surface area (TPSA) is 46.5 Å². The predicted octanol–water partition coefficient (Wildman–Crippen LogP) is 7.34. The van der Waals surface area contributed by atoms with Gasteiger partial charge in [-0.3, -0.25) is 4.79 Å². The van der Waals surface area contributed by atoms with E-state index in [0.29, 0.717) is 6.42 Å². The van der Waals surface area contributed by atoms with Crippen molar-refractivity contribution in [2.24, 2.45) is 0 Å². The van der Waals surface area contributed by atoms with E-state index in [9.17, 15) is 9.90 Å². The third-order valence-electron chi connectivity index (χ3n) is 5.48. The summed E-state index contributed by atoms with van der Waals surface area (Å²) in [6, 6.07) is 0. The van der Waals surface area contributed by atoms with Gasteiger partial charge in [-0.1, -0.05) is 110 Å². The fourth-order valence-electron chi connectivity index (χ4n) is 3.36. The van der Waals surface area contributed by atoms with Crippen LogP contribution >= 0.6 is 0 Å². The molecule has 0 fully saturated rings. The maximum atomic E-state index is 11.6. The summed E-state index contributed by atoms with van der Waals surface area (Å²) in [5.41, 5.74) is 0. The van der Waals surface area contributed by atoms with Crippen LogP contribution in [0.15, 0.2) is 0 Å². The molecule has 0 bridgehead atoms. The van der Waals surface area contributed by atoms with E-state index >= 15 is 0 Å². The molecule has 0 aliphatic carbocycles. The largest absolute Gasteiger partial charge is 0.460 e. The summed E-state index contributed by atoms with van der Waals surface area (Å²) < 4.78 is 5.15. The molecule has 27 heavy (non-hydrogen) atoms. The Morgan fingerprint density at radius 1 is 0.667 bits per heavy atom. The highest BCUT2D eigenvalue weighted by molar-refractivity contribution is 5.69. The summed E-state index contributed by atoms with van der Waals surface area (Å²) in [7, 11) is 0. The fourth-order valence-corrected chi connectivity index (χ4v) is 3.36. The van der Waals surface area contributed by atoms with Crippen LogP contribution in [0.4, 0.5) is 0 Å². The van der Waals surface area contributed by atoms with Crippen molar-refractivity contribution < 1.29 is 14.6 Å². The van der Waals surface area contributed by atoms with Gasteiger partial charge < -0.3 is 9.84 Å². The molecule has 0 aromatic carbocycles. The van der Waals surface area contributed by atoms with E-state index in [4.69, 9.17) is 4.74 Å². The molecule has 1 N–H and O–H groups in total. The highest BCUT2D eigenvalue weighted by Crippen LogP contribution is 2.14. The Hall–Kier alpha value is -0.570. The summed E-state index contributed by atoms with van der Waals surface area (Å²) >= 11 is 0. The lowest BCUT2D eigenvalue weighted by molar-refractivity contribution is -0.153. The average molecular weight is 385 g/mol. The van der Waals surface area contributed by atoms with Crippen LogP contribution in [0.2, 0.25) is 0 Å². The zero-order valence-electron chi connectivity index (χ0n) is 18.6. The smallest absolute Gasteiger partial charge is 0.306 e. The maximum absolute atomic E-state index is 11.6. The molecule has 0 spiro atoms. The van der Waals surface area contributed by atoms with Gasteiger partial charge in [0.05, 0.1) is 6.10 Å². The number of carbonyl (C=O) groups is 1. The molecule has 0 aliphatic rings. The lowest BCUT2D eigenvalue weighted by Gasteiger charge is -2.15. The molecule has 0 rings (SSSR count). The molecule has 0 aromatic heterocycles. The van der Waals surface area contributed by atoms with Crippen molar-refractivity contribution in [1.29, 1.82) is 0 Å². The first-order valence-corrected chi connectivity index (χ1v) is 12.0.